The van der Waals surface area contributed by atoms with Crippen molar-refractivity contribution in [1.29, 1.82) is 0 Å². The molecule has 6 nitrogen and oxygen atoms in total. The fraction of sp³-hybridized carbons (Fsp3) is 0.231. The van der Waals surface area contributed by atoms with Gasteiger partial charge in [-0.3, -0.25) is 4.98 Å². The third-order valence-electron chi connectivity index (χ3n) is 5.13. The minimum Gasteiger partial charge on any atom is -0.444 e. The van der Waals surface area contributed by atoms with Crippen molar-refractivity contribution in [3.05, 3.63) is 90.1 Å². The number of halogens is 2. The molecule has 2 heterocycles. The van der Waals surface area contributed by atoms with E-state index in [-0.39, 0.29) is 6.54 Å². The zero-order valence-electron chi connectivity index (χ0n) is 19.0. The Labute approximate surface area is 196 Å². The number of aromatic nitrogens is 3. The molecule has 0 bridgehead atoms. The molecule has 1 atom stereocenters. The van der Waals surface area contributed by atoms with Crippen molar-refractivity contribution in [1.82, 2.24) is 20.3 Å². The van der Waals surface area contributed by atoms with Crippen LogP contribution < -0.4 is 5.32 Å². The molecule has 0 saturated carbocycles. The van der Waals surface area contributed by atoms with Crippen molar-refractivity contribution in [2.24, 2.45) is 0 Å². The van der Waals surface area contributed by atoms with E-state index >= 15 is 0 Å². The number of rotatable bonds is 5. The lowest BCUT2D eigenvalue weighted by Gasteiger charge is -2.23. The highest BCUT2D eigenvalue weighted by Crippen LogP contribution is 2.33. The second-order valence-electron chi connectivity index (χ2n) is 8.87. The SMILES string of the molecule is CC(C)(C)OC(=O)NCC(c1cc(F)cc(F)c1)c1ncncc1-c1ccc2cccnc2c1. The third-order valence-corrected chi connectivity index (χ3v) is 5.13. The van der Waals surface area contributed by atoms with Crippen LogP contribution in [-0.2, 0) is 4.74 Å². The van der Waals surface area contributed by atoms with Crippen molar-refractivity contribution >= 4 is 17.0 Å². The maximum atomic E-state index is 14.1. The molecule has 2 aromatic heterocycles. The smallest absolute Gasteiger partial charge is 0.407 e. The molecule has 0 aliphatic carbocycles. The number of carbonyl (C=O) groups excluding carboxylic acids is 1. The molecule has 1 unspecified atom stereocenters. The molecule has 8 heteroatoms. The van der Waals surface area contributed by atoms with Crippen molar-refractivity contribution in [3.63, 3.8) is 0 Å². The van der Waals surface area contributed by atoms with E-state index in [2.05, 4.69) is 20.3 Å². The molecule has 4 rings (SSSR count). The number of benzene rings is 2. The van der Waals surface area contributed by atoms with Gasteiger partial charge in [0, 0.05) is 41.9 Å². The second kappa shape index (κ2) is 9.51. The molecule has 0 aliphatic heterocycles. The summed E-state index contributed by atoms with van der Waals surface area (Å²) in [6, 6.07) is 12.8. The van der Waals surface area contributed by atoms with Crippen LogP contribution in [0.25, 0.3) is 22.0 Å². The first kappa shape index (κ1) is 23.2. The van der Waals surface area contributed by atoms with E-state index < -0.39 is 29.2 Å². The summed E-state index contributed by atoms with van der Waals surface area (Å²) in [6.45, 7) is 5.26. The Morgan fingerprint density at radius 1 is 1.06 bits per heavy atom. The lowest BCUT2D eigenvalue weighted by molar-refractivity contribution is 0.0526. The maximum Gasteiger partial charge on any atom is 0.407 e. The van der Waals surface area contributed by atoms with Gasteiger partial charge in [0.15, 0.2) is 0 Å². The number of nitrogens with zero attached hydrogens (tertiary/aromatic N) is 3. The standard InChI is InChI=1S/C26H24F2N4O2/c1-26(2,3)34-25(33)31-14-22(18-9-19(27)12-20(28)10-18)24-21(13-29-15-32-24)17-7-6-16-5-4-8-30-23(16)11-17/h4-13,15,22H,14H2,1-3H3,(H,31,33). The van der Waals surface area contributed by atoms with Crippen LogP contribution in [0.5, 0.6) is 0 Å². The molecule has 0 fully saturated rings. The fourth-order valence-electron chi connectivity index (χ4n) is 3.72. The van der Waals surface area contributed by atoms with Crippen molar-refractivity contribution in [3.8, 4) is 11.1 Å². The Hall–Kier alpha value is -3.94. The molecule has 0 spiro atoms. The van der Waals surface area contributed by atoms with Crippen LogP contribution >= 0.6 is 0 Å². The second-order valence-corrected chi connectivity index (χ2v) is 8.87. The number of hydrogen-bond donors (Lipinski definition) is 1. The minimum atomic E-state index is -0.720. The fourth-order valence-corrected chi connectivity index (χ4v) is 3.72. The quantitative estimate of drug-likeness (QED) is 0.416. The summed E-state index contributed by atoms with van der Waals surface area (Å²) in [4.78, 5) is 25.4. The van der Waals surface area contributed by atoms with Crippen molar-refractivity contribution in [2.45, 2.75) is 32.3 Å². The molecule has 0 radical (unpaired) electrons. The lowest BCUT2D eigenvalue weighted by atomic mass is 9.90. The van der Waals surface area contributed by atoms with Crippen LogP contribution in [0.2, 0.25) is 0 Å². The van der Waals surface area contributed by atoms with E-state index in [0.717, 1.165) is 22.5 Å². The highest BCUT2D eigenvalue weighted by atomic mass is 19.1. The molecule has 2 aromatic carbocycles. The van der Waals surface area contributed by atoms with Crippen LogP contribution in [0.15, 0.2) is 67.3 Å². The summed E-state index contributed by atoms with van der Waals surface area (Å²) < 4.78 is 33.6. The Morgan fingerprint density at radius 2 is 1.82 bits per heavy atom. The van der Waals surface area contributed by atoms with Gasteiger partial charge in [0.25, 0.3) is 0 Å². The number of amides is 1. The molecule has 1 N–H and O–H groups in total. The predicted molar refractivity (Wildman–Crippen MR) is 125 cm³/mol. The molecule has 34 heavy (non-hydrogen) atoms. The first-order valence-electron chi connectivity index (χ1n) is 10.8. The van der Waals surface area contributed by atoms with Crippen LogP contribution in [0.3, 0.4) is 0 Å². The first-order chi connectivity index (χ1) is 16.2. The van der Waals surface area contributed by atoms with Gasteiger partial charge < -0.3 is 10.1 Å². The number of carbonyl (C=O) groups is 1. The number of pyridine rings is 1. The molecule has 174 valence electrons. The van der Waals surface area contributed by atoms with Gasteiger partial charge in [0.05, 0.1) is 11.2 Å². The Morgan fingerprint density at radius 3 is 2.56 bits per heavy atom. The number of ether oxygens (including phenoxy) is 1. The van der Waals surface area contributed by atoms with Crippen LogP contribution in [0, 0.1) is 11.6 Å². The summed E-state index contributed by atoms with van der Waals surface area (Å²) in [5, 5.41) is 3.68. The van der Waals surface area contributed by atoms with Crippen molar-refractivity contribution in [2.75, 3.05) is 6.54 Å². The summed E-state index contributed by atoms with van der Waals surface area (Å²) in [5.74, 6) is -2.11. The van der Waals surface area contributed by atoms with Crippen LogP contribution in [-0.4, -0.2) is 33.2 Å². The van der Waals surface area contributed by atoms with E-state index in [1.165, 1.54) is 18.5 Å². The van der Waals surface area contributed by atoms with Crippen LogP contribution in [0.4, 0.5) is 13.6 Å². The summed E-state index contributed by atoms with van der Waals surface area (Å²) in [6.07, 6.45) is 4.08. The van der Waals surface area contributed by atoms with Gasteiger partial charge >= 0.3 is 6.09 Å². The zero-order chi connectivity index (χ0) is 24.3. The molecule has 0 saturated heterocycles. The Bertz CT molecular complexity index is 1320. The first-order valence-corrected chi connectivity index (χ1v) is 10.8. The van der Waals surface area contributed by atoms with Crippen LogP contribution in [0.1, 0.15) is 37.9 Å². The van der Waals surface area contributed by atoms with Gasteiger partial charge in [0.2, 0.25) is 0 Å². The summed E-state index contributed by atoms with van der Waals surface area (Å²) >= 11 is 0. The predicted octanol–water partition coefficient (Wildman–Crippen LogP) is 5.63. The van der Waals surface area contributed by atoms with E-state index in [0.29, 0.717) is 16.8 Å². The summed E-state index contributed by atoms with van der Waals surface area (Å²) in [5.41, 5.74) is 2.38. The normalized spacial score (nSPS) is 12.4. The highest BCUT2D eigenvalue weighted by Gasteiger charge is 2.24. The number of alkyl carbamates (subject to hydrolysis) is 1. The van der Waals surface area contributed by atoms with E-state index in [4.69, 9.17) is 4.74 Å². The number of fused-ring (bicyclic) bond motifs is 1. The van der Waals surface area contributed by atoms with Gasteiger partial charge in [-0.05, 0) is 56.2 Å². The summed E-state index contributed by atoms with van der Waals surface area (Å²) in [7, 11) is 0. The van der Waals surface area contributed by atoms with E-state index in [1.807, 2.05) is 30.3 Å². The Kier molecular flexibility index (Phi) is 6.49. The monoisotopic (exact) mass is 462 g/mol. The number of hydrogen-bond acceptors (Lipinski definition) is 5. The molecular formula is C26H24F2N4O2. The van der Waals surface area contributed by atoms with E-state index in [9.17, 15) is 13.6 Å². The van der Waals surface area contributed by atoms with Gasteiger partial charge in [-0.15, -0.1) is 0 Å². The van der Waals surface area contributed by atoms with Crippen molar-refractivity contribution < 1.29 is 18.3 Å². The minimum absolute atomic E-state index is 0.00759. The topological polar surface area (TPSA) is 77.0 Å². The third kappa shape index (κ3) is 5.51. The largest absolute Gasteiger partial charge is 0.444 e. The average Bonchev–Trinajstić information content (AvgIpc) is 2.77. The van der Waals surface area contributed by atoms with E-state index in [1.54, 1.807) is 33.2 Å². The van der Waals surface area contributed by atoms with Gasteiger partial charge in [-0.1, -0.05) is 18.2 Å². The van der Waals surface area contributed by atoms with Gasteiger partial charge in [-0.25, -0.2) is 23.5 Å². The molecule has 1 amide bonds. The Balaban J connectivity index is 1.77. The molecule has 4 aromatic rings. The van der Waals surface area contributed by atoms with Gasteiger partial charge in [-0.2, -0.15) is 0 Å². The lowest BCUT2D eigenvalue weighted by Crippen LogP contribution is -2.35. The zero-order valence-corrected chi connectivity index (χ0v) is 19.0. The average molecular weight is 463 g/mol. The maximum absolute atomic E-state index is 14.1. The molecule has 0 aliphatic rings. The van der Waals surface area contributed by atoms with Gasteiger partial charge in [0.1, 0.15) is 23.6 Å². The molecular weight excluding hydrogens is 438 g/mol. The number of nitrogens with one attached hydrogen (secondary N) is 1. The highest BCUT2D eigenvalue weighted by molar-refractivity contribution is 5.84.